The number of benzene rings is 2. The van der Waals surface area contributed by atoms with E-state index in [0.717, 1.165) is 11.1 Å². The maximum atomic E-state index is 9.35. The lowest BCUT2D eigenvalue weighted by molar-refractivity contribution is 0.475. The molecule has 0 amide bonds. The van der Waals surface area contributed by atoms with E-state index >= 15 is 0 Å². The molecule has 16 heavy (non-hydrogen) atoms. The summed E-state index contributed by atoms with van der Waals surface area (Å²) in [6.45, 7) is 0. The molecule has 0 bridgehead atoms. The van der Waals surface area contributed by atoms with Crippen LogP contribution in [0.1, 0.15) is 0 Å². The van der Waals surface area contributed by atoms with Gasteiger partial charge >= 0.3 is 0 Å². The maximum absolute atomic E-state index is 9.35. The molecule has 0 heterocycles. The fourth-order valence-electron chi connectivity index (χ4n) is 1.46. The van der Waals surface area contributed by atoms with Gasteiger partial charge < -0.3 is 5.11 Å². The zero-order chi connectivity index (χ0) is 11.4. The van der Waals surface area contributed by atoms with E-state index in [1.54, 1.807) is 30.3 Å². The van der Waals surface area contributed by atoms with Crippen LogP contribution in [0.4, 0.5) is 5.69 Å². The van der Waals surface area contributed by atoms with E-state index in [0.29, 0.717) is 5.69 Å². The van der Waals surface area contributed by atoms with Gasteiger partial charge in [0.05, 0.1) is 0 Å². The fraction of sp³-hybridized carbons (Fsp3) is 0. The molecule has 0 aliphatic heterocycles. The summed E-state index contributed by atoms with van der Waals surface area (Å²) in [6.07, 6.45) is 0. The van der Waals surface area contributed by atoms with Gasteiger partial charge in [-0.25, -0.2) is 0 Å². The van der Waals surface area contributed by atoms with E-state index in [1.807, 2.05) is 18.2 Å². The van der Waals surface area contributed by atoms with Crippen LogP contribution in [-0.4, -0.2) is 5.11 Å². The maximum Gasteiger partial charge on any atom is 0.116 e. The molecule has 0 aromatic heterocycles. The highest BCUT2D eigenvalue weighted by Gasteiger charge is 1.98. The predicted octanol–water partition coefficient (Wildman–Crippen LogP) is 4.00. The van der Waals surface area contributed by atoms with Gasteiger partial charge in [-0.15, -0.1) is 0 Å². The lowest BCUT2D eigenvalue weighted by Crippen LogP contribution is -1.76. The number of azide groups is 1. The van der Waals surface area contributed by atoms with Crippen LogP contribution in [0.25, 0.3) is 21.6 Å². The van der Waals surface area contributed by atoms with E-state index in [1.165, 1.54) is 0 Å². The fourth-order valence-corrected chi connectivity index (χ4v) is 1.46. The molecule has 0 aliphatic carbocycles. The van der Waals surface area contributed by atoms with Crippen LogP contribution in [0.5, 0.6) is 5.75 Å². The molecule has 78 valence electrons. The first-order chi connectivity index (χ1) is 7.79. The first kappa shape index (κ1) is 10.1. The van der Waals surface area contributed by atoms with Crippen molar-refractivity contribution >= 4 is 5.69 Å². The number of hydrogen-bond donors (Lipinski definition) is 1. The molecule has 0 aliphatic rings. The Hall–Kier alpha value is -2.45. The molecule has 0 fully saturated rings. The zero-order valence-electron chi connectivity index (χ0n) is 8.41. The molecule has 0 spiro atoms. The Morgan fingerprint density at radius 3 is 2.38 bits per heavy atom. The number of rotatable bonds is 2. The molecule has 2 aromatic carbocycles. The van der Waals surface area contributed by atoms with E-state index in [-0.39, 0.29) is 5.75 Å². The number of phenols is 1. The summed E-state index contributed by atoms with van der Waals surface area (Å²) in [5.74, 6) is 0.233. The van der Waals surface area contributed by atoms with Gasteiger partial charge in [0.15, 0.2) is 0 Å². The van der Waals surface area contributed by atoms with Crippen molar-refractivity contribution in [2.75, 3.05) is 0 Å². The van der Waals surface area contributed by atoms with Crippen LogP contribution >= 0.6 is 0 Å². The minimum atomic E-state index is 0.233. The third-order valence-electron chi connectivity index (χ3n) is 2.21. The zero-order valence-corrected chi connectivity index (χ0v) is 8.41. The topological polar surface area (TPSA) is 69.0 Å². The van der Waals surface area contributed by atoms with Gasteiger partial charge in [0.1, 0.15) is 5.75 Å². The van der Waals surface area contributed by atoms with Crippen molar-refractivity contribution in [2.45, 2.75) is 0 Å². The van der Waals surface area contributed by atoms with Crippen molar-refractivity contribution < 1.29 is 5.11 Å². The Balaban J connectivity index is 2.38. The molecule has 2 aromatic rings. The minimum Gasteiger partial charge on any atom is -0.508 e. The molecule has 2 rings (SSSR count). The van der Waals surface area contributed by atoms with Crippen molar-refractivity contribution in [1.29, 1.82) is 0 Å². The van der Waals surface area contributed by atoms with E-state index < -0.39 is 0 Å². The third-order valence-corrected chi connectivity index (χ3v) is 2.21. The first-order valence-corrected chi connectivity index (χ1v) is 4.74. The van der Waals surface area contributed by atoms with E-state index in [4.69, 9.17) is 5.53 Å². The molecular weight excluding hydrogens is 202 g/mol. The lowest BCUT2D eigenvalue weighted by atomic mass is 10.1. The number of phenolic OH excluding ortho intramolecular Hbond substituents is 1. The van der Waals surface area contributed by atoms with Crippen molar-refractivity contribution in [3.63, 3.8) is 0 Å². The van der Waals surface area contributed by atoms with Crippen LogP contribution in [0, 0.1) is 0 Å². The molecule has 0 atom stereocenters. The van der Waals surface area contributed by atoms with E-state index in [2.05, 4.69) is 10.0 Å². The lowest BCUT2D eigenvalue weighted by Gasteiger charge is -2.02. The quantitative estimate of drug-likeness (QED) is 0.455. The van der Waals surface area contributed by atoms with Crippen LogP contribution in [-0.2, 0) is 0 Å². The number of hydrogen-bond acceptors (Lipinski definition) is 2. The third kappa shape index (κ3) is 2.13. The molecule has 0 saturated carbocycles. The standard InChI is InChI=1S/C12H9N3O/c13-15-14-11-6-4-9(5-7-11)10-2-1-3-12(16)8-10/h1-8,16H. The van der Waals surface area contributed by atoms with Crippen LogP contribution in [0.3, 0.4) is 0 Å². The molecular formula is C12H9N3O. The number of aromatic hydroxyl groups is 1. The Morgan fingerprint density at radius 2 is 1.75 bits per heavy atom. The highest BCUT2D eigenvalue weighted by Crippen LogP contribution is 2.25. The van der Waals surface area contributed by atoms with Gasteiger partial charge in [0.25, 0.3) is 0 Å². The van der Waals surface area contributed by atoms with Gasteiger partial charge in [-0.1, -0.05) is 41.5 Å². The van der Waals surface area contributed by atoms with Crippen molar-refractivity contribution in [3.8, 4) is 16.9 Å². The summed E-state index contributed by atoms with van der Waals surface area (Å²) in [5.41, 5.74) is 10.7. The SMILES string of the molecule is [N-]=[N+]=Nc1ccc(-c2cccc(O)c2)cc1. The van der Waals surface area contributed by atoms with Crippen molar-refractivity contribution in [2.24, 2.45) is 5.11 Å². The van der Waals surface area contributed by atoms with Gasteiger partial charge in [-0.3, -0.25) is 0 Å². The number of nitrogens with zero attached hydrogens (tertiary/aromatic N) is 3. The summed E-state index contributed by atoms with van der Waals surface area (Å²) in [7, 11) is 0. The van der Waals surface area contributed by atoms with Gasteiger partial charge in [0.2, 0.25) is 0 Å². The van der Waals surface area contributed by atoms with Gasteiger partial charge in [-0.05, 0) is 28.8 Å². The second kappa shape index (κ2) is 4.38. The summed E-state index contributed by atoms with van der Waals surface area (Å²) in [4.78, 5) is 2.71. The molecule has 4 heteroatoms. The molecule has 0 saturated heterocycles. The smallest absolute Gasteiger partial charge is 0.116 e. The summed E-state index contributed by atoms with van der Waals surface area (Å²) in [6, 6.07) is 14.2. The average molecular weight is 211 g/mol. The van der Waals surface area contributed by atoms with Crippen LogP contribution < -0.4 is 0 Å². The van der Waals surface area contributed by atoms with Gasteiger partial charge in [-0.2, -0.15) is 0 Å². The Labute approximate surface area is 92.4 Å². The summed E-state index contributed by atoms with van der Waals surface area (Å²) >= 11 is 0. The summed E-state index contributed by atoms with van der Waals surface area (Å²) < 4.78 is 0. The highest BCUT2D eigenvalue weighted by molar-refractivity contribution is 5.66. The normalized spacial score (nSPS) is 9.50. The van der Waals surface area contributed by atoms with Gasteiger partial charge in [0, 0.05) is 10.6 Å². The molecule has 0 radical (unpaired) electrons. The monoisotopic (exact) mass is 211 g/mol. The average Bonchev–Trinajstić information content (AvgIpc) is 2.30. The molecule has 4 nitrogen and oxygen atoms in total. The van der Waals surface area contributed by atoms with Crippen LogP contribution in [0.2, 0.25) is 0 Å². The Morgan fingerprint density at radius 1 is 1.00 bits per heavy atom. The Kier molecular flexibility index (Phi) is 2.76. The van der Waals surface area contributed by atoms with E-state index in [9.17, 15) is 5.11 Å². The first-order valence-electron chi connectivity index (χ1n) is 4.74. The molecule has 1 N–H and O–H groups in total. The van der Waals surface area contributed by atoms with Crippen molar-refractivity contribution in [3.05, 3.63) is 59.0 Å². The largest absolute Gasteiger partial charge is 0.508 e. The molecule has 0 unspecified atom stereocenters. The van der Waals surface area contributed by atoms with Crippen molar-refractivity contribution in [1.82, 2.24) is 0 Å². The second-order valence-corrected chi connectivity index (χ2v) is 3.29. The predicted molar refractivity (Wildman–Crippen MR) is 62.3 cm³/mol. The summed E-state index contributed by atoms with van der Waals surface area (Å²) in [5, 5.41) is 12.8. The van der Waals surface area contributed by atoms with Crippen LogP contribution in [0.15, 0.2) is 53.6 Å². The Bertz CT molecular complexity index is 542. The minimum absolute atomic E-state index is 0.233. The highest BCUT2D eigenvalue weighted by atomic mass is 16.3. The second-order valence-electron chi connectivity index (χ2n) is 3.29.